The first-order valence-electron chi connectivity index (χ1n) is 7.69. The molecule has 2 rings (SSSR count). The minimum Gasteiger partial charge on any atom is -0.494 e. The number of hydrogen-bond acceptors (Lipinski definition) is 6. The van der Waals surface area contributed by atoms with Crippen molar-refractivity contribution < 1.29 is 24.0 Å². The Hall–Kier alpha value is -3.42. The molecule has 1 N–H and O–H groups in total. The smallest absolute Gasteiger partial charge is 0.338 e. The maximum Gasteiger partial charge on any atom is 0.338 e. The van der Waals surface area contributed by atoms with Crippen LogP contribution >= 0.6 is 0 Å². The average Bonchev–Trinajstić information content (AvgIpc) is 2.62. The minimum atomic E-state index is -0.600. The molecule has 2 aromatic rings. The summed E-state index contributed by atoms with van der Waals surface area (Å²) in [4.78, 5) is 34.3. The van der Waals surface area contributed by atoms with Gasteiger partial charge in [-0.15, -0.1) is 0 Å². The lowest BCUT2D eigenvalue weighted by atomic mass is 10.0. The van der Waals surface area contributed by atoms with Crippen molar-refractivity contribution in [1.82, 2.24) is 0 Å². The van der Waals surface area contributed by atoms with Gasteiger partial charge in [0.05, 0.1) is 29.4 Å². The number of methoxy groups -OCH3 is 1. The Morgan fingerprint density at radius 1 is 1.19 bits per heavy atom. The van der Waals surface area contributed by atoms with Crippen LogP contribution in [0.25, 0.3) is 0 Å². The van der Waals surface area contributed by atoms with E-state index in [-0.39, 0.29) is 17.1 Å². The van der Waals surface area contributed by atoms with Crippen molar-refractivity contribution in [3.8, 4) is 5.75 Å². The number of ether oxygens (including phenoxy) is 2. The van der Waals surface area contributed by atoms with Gasteiger partial charge >= 0.3 is 5.97 Å². The molecule has 0 aliphatic carbocycles. The fourth-order valence-corrected chi connectivity index (χ4v) is 2.26. The quantitative estimate of drug-likeness (QED) is 0.483. The molecule has 8 nitrogen and oxygen atoms in total. The molecule has 0 aliphatic heterocycles. The van der Waals surface area contributed by atoms with Crippen molar-refractivity contribution >= 4 is 23.3 Å². The highest BCUT2D eigenvalue weighted by Gasteiger charge is 2.16. The van der Waals surface area contributed by atoms with Crippen LogP contribution in [0.1, 0.15) is 21.5 Å². The number of nitro benzene ring substituents is 1. The summed E-state index contributed by atoms with van der Waals surface area (Å²) in [5, 5.41) is 13.3. The molecule has 0 atom stereocenters. The zero-order valence-corrected chi connectivity index (χ0v) is 14.6. The third kappa shape index (κ3) is 4.35. The van der Waals surface area contributed by atoms with Gasteiger partial charge in [0.25, 0.3) is 11.6 Å². The Kier molecular flexibility index (Phi) is 5.90. The maximum atomic E-state index is 12.1. The van der Waals surface area contributed by atoms with Crippen molar-refractivity contribution in [2.75, 3.05) is 19.0 Å². The second-order valence-electron chi connectivity index (χ2n) is 5.51. The number of nitro groups is 1. The van der Waals surface area contributed by atoms with Gasteiger partial charge in [-0.2, -0.15) is 0 Å². The van der Waals surface area contributed by atoms with Crippen molar-refractivity contribution in [2.24, 2.45) is 0 Å². The number of anilines is 1. The molecule has 8 heteroatoms. The topological polar surface area (TPSA) is 108 Å². The first kappa shape index (κ1) is 18.9. The summed E-state index contributed by atoms with van der Waals surface area (Å²) in [5.41, 5.74) is 2.20. The van der Waals surface area contributed by atoms with E-state index >= 15 is 0 Å². The molecule has 136 valence electrons. The number of carbonyl (C=O) groups excluding carboxylic acids is 2. The van der Waals surface area contributed by atoms with E-state index in [0.29, 0.717) is 5.56 Å². The Morgan fingerprint density at radius 3 is 2.58 bits per heavy atom. The van der Waals surface area contributed by atoms with Crippen LogP contribution in [0, 0.1) is 24.0 Å². The Morgan fingerprint density at radius 2 is 1.92 bits per heavy atom. The number of nitrogens with zero attached hydrogens (tertiary/aromatic N) is 1. The van der Waals surface area contributed by atoms with E-state index in [2.05, 4.69) is 5.32 Å². The van der Waals surface area contributed by atoms with Gasteiger partial charge in [-0.1, -0.05) is 12.1 Å². The van der Waals surface area contributed by atoms with Crippen LogP contribution in [0.4, 0.5) is 11.4 Å². The van der Waals surface area contributed by atoms with Crippen molar-refractivity contribution in [1.29, 1.82) is 0 Å². The normalized spacial score (nSPS) is 10.1. The zero-order valence-electron chi connectivity index (χ0n) is 14.6. The van der Waals surface area contributed by atoms with Gasteiger partial charge in [0.15, 0.2) is 6.61 Å². The van der Waals surface area contributed by atoms with E-state index in [9.17, 15) is 19.7 Å². The van der Waals surface area contributed by atoms with Crippen molar-refractivity contribution in [3.05, 3.63) is 63.2 Å². The van der Waals surface area contributed by atoms with E-state index in [1.807, 2.05) is 13.0 Å². The molecule has 1 amide bonds. The summed E-state index contributed by atoms with van der Waals surface area (Å²) in [5.74, 6) is -1.05. The predicted octanol–water partition coefficient (Wildman–Crippen LogP) is 3.02. The molecule has 0 saturated carbocycles. The maximum absolute atomic E-state index is 12.1. The number of hydrogen-bond donors (Lipinski definition) is 1. The number of rotatable bonds is 6. The van der Waals surface area contributed by atoms with E-state index in [4.69, 9.17) is 9.47 Å². The van der Waals surface area contributed by atoms with Crippen LogP contribution in [0.15, 0.2) is 36.4 Å². The highest BCUT2D eigenvalue weighted by atomic mass is 16.6. The summed E-state index contributed by atoms with van der Waals surface area (Å²) in [7, 11) is 1.33. The first-order chi connectivity index (χ1) is 12.3. The van der Waals surface area contributed by atoms with Gasteiger partial charge in [-0.25, -0.2) is 4.79 Å². The third-order valence-electron chi connectivity index (χ3n) is 3.83. The van der Waals surface area contributed by atoms with Crippen molar-refractivity contribution in [3.63, 3.8) is 0 Å². The fraction of sp³-hybridized carbons (Fsp3) is 0.222. The van der Waals surface area contributed by atoms with Gasteiger partial charge in [0, 0.05) is 6.07 Å². The lowest BCUT2D eigenvalue weighted by Gasteiger charge is -2.11. The highest BCUT2D eigenvalue weighted by molar-refractivity contribution is 5.97. The molecular formula is C18H18N2O6. The van der Waals surface area contributed by atoms with Crippen LogP contribution < -0.4 is 10.1 Å². The number of benzene rings is 2. The zero-order chi connectivity index (χ0) is 19.3. The first-order valence-corrected chi connectivity index (χ1v) is 7.69. The van der Waals surface area contributed by atoms with E-state index in [1.165, 1.54) is 25.3 Å². The van der Waals surface area contributed by atoms with Gasteiger partial charge in [0.1, 0.15) is 5.75 Å². The summed E-state index contributed by atoms with van der Waals surface area (Å²) in [6.07, 6.45) is 0. The Bertz CT molecular complexity index is 863. The molecule has 2 aromatic carbocycles. The third-order valence-corrected chi connectivity index (χ3v) is 3.83. The summed E-state index contributed by atoms with van der Waals surface area (Å²) in [6.45, 7) is 3.18. The van der Waals surface area contributed by atoms with Gasteiger partial charge in [0.2, 0.25) is 0 Å². The molecule has 0 spiro atoms. The van der Waals surface area contributed by atoms with Crippen LogP contribution in [-0.4, -0.2) is 30.5 Å². The SMILES string of the molecule is COc1cc([N+](=O)[O-])ccc1NC(=O)COC(=O)c1cccc(C)c1C. The van der Waals surface area contributed by atoms with Gasteiger partial charge in [-0.05, 0) is 37.1 Å². The van der Waals surface area contributed by atoms with E-state index < -0.39 is 23.4 Å². The number of amides is 1. The highest BCUT2D eigenvalue weighted by Crippen LogP contribution is 2.28. The van der Waals surface area contributed by atoms with Crippen molar-refractivity contribution in [2.45, 2.75) is 13.8 Å². The van der Waals surface area contributed by atoms with E-state index in [0.717, 1.165) is 11.1 Å². The van der Waals surface area contributed by atoms with Gasteiger partial charge in [-0.3, -0.25) is 14.9 Å². The Balaban J connectivity index is 2.02. The molecule has 0 heterocycles. The van der Waals surface area contributed by atoms with Crippen LogP contribution in [0.2, 0.25) is 0 Å². The molecule has 0 saturated heterocycles. The van der Waals surface area contributed by atoms with Gasteiger partial charge < -0.3 is 14.8 Å². The molecule has 0 fully saturated rings. The Labute approximate surface area is 149 Å². The molecule has 0 aromatic heterocycles. The molecule has 0 bridgehead atoms. The molecule has 0 radical (unpaired) electrons. The second kappa shape index (κ2) is 8.11. The van der Waals surface area contributed by atoms with Crippen LogP contribution in [0.5, 0.6) is 5.75 Å². The summed E-state index contributed by atoms with van der Waals surface area (Å²) in [6, 6.07) is 9.02. The molecule has 0 unspecified atom stereocenters. The molecule has 26 heavy (non-hydrogen) atoms. The number of esters is 1. The lowest BCUT2D eigenvalue weighted by molar-refractivity contribution is -0.384. The second-order valence-corrected chi connectivity index (χ2v) is 5.51. The monoisotopic (exact) mass is 358 g/mol. The molecular weight excluding hydrogens is 340 g/mol. The minimum absolute atomic E-state index is 0.133. The fourth-order valence-electron chi connectivity index (χ4n) is 2.26. The molecule has 0 aliphatic rings. The largest absolute Gasteiger partial charge is 0.494 e. The number of carbonyl (C=O) groups is 2. The summed E-state index contributed by atoms with van der Waals surface area (Å²) < 4.78 is 10.1. The number of aryl methyl sites for hydroxylation is 1. The predicted molar refractivity (Wildman–Crippen MR) is 94.5 cm³/mol. The average molecular weight is 358 g/mol. The van der Waals surface area contributed by atoms with Crippen LogP contribution in [-0.2, 0) is 9.53 Å². The summed E-state index contributed by atoms with van der Waals surface area (Å²) >= 11 is 0. The number of nitrogens with one attached hydrogen (secondary N) is 1. The van der Waals surface area contributed by atoms with E-state index in [1.54, 1.807) is 19.1 Å². The van der Waals surface area contributed by atoms with Crippen LogP contribution in [0.3, 0.4) is 0 Å². The number of non-ortho nitro benzene ring substituents is 1. The standard InChI is InChI=1S/C18H18N2O6/c1-11-5-4-6-14(12(11)2)18(22)26-10-17(21)19-15-8-7-13(20(23)24)9-16(15)25-3/h4-9H,10H2,1-3H3,(H,19,21). The lowest BCUT2D eigenvalue weighted by Crippen LogP contribution is -2.21.